The van der Waals surface area contributed by atoms with E-state index in [1.54, 1.807) is 0 Å². The van der Waals surface area contributed by atoms with Gasteiger partial charge in [-0.1, -0.05) is 0 Å². The van der Waals surface area contributed by atoms with Crippen molar-refractivity contribution in [2.45, 2.75) is 12.8 Å². The van der Waals surface area contributed by atoms with Gasteiger partial charge in [0.05, 0.1) is 4.92 Å². The zero-order valence-electron chi connectivity index (χ0n) is 10.7. The minimum atomic E-state index is -1.34. The number of carboxylic acid groups (broad SMARTS) is 1. The number of nitrogens with zero attached hydrogens (tertiary/aromatic N) is 2. The molecule has 2 N–H and O–H groups in total. The van der Waals surface area contributed by atoms with Gasteiger partial charge in [-0.15, -0.1) is 0 Å². The zero-order valence-corrected chi connectivity index (χ0v) is 10.7. The largest absolute Gasteiger partial charge is 0.477 e. The van der Waals surface area contributed by atoms with Crippen LogP contribution in [0.2, 0.25) is 0 Å². The summed E-state index contributed by atoms with van der Waals surface area (Å²) in [7, 11) is 0. The number of rotatable bonds is 6. The maximum absolute atomic E-state index is 11.0. The fourth-order valence-corrected chi connectivity index (χ4v) is 2.08. The van der Waals surface area contributed by atoms with Crippen LogP contribution in [0.15, 0.2) is 12.3 Å². The van der Waals surface area contributed by atoms with E-state index in [0.29, 0.717) is 18.3 Å². The lowest BCUT2D eigenvalue weighted by atomic mass is 10.1. The van der Waals surface area contributed by atoms with E-state index < -0.39 is 16.6 Å². The number of anilines is 1. The normalized spacial score (nSPS) is 17.9. The SMILES string of the molecule is O=C(O)c1cc(NCCC2CCOC2)ncc1[N+](=O)[O-]. The van der Waals surface area contributed by atoms with Crippen molar-refractivity contribution in [3.05, 3.63) is 27.9 Å². The van der Waals surface area contributed by atoms with Gasteiger partial charge in [0.15, 0.2) is 0 Å². The number of hydrogen-bond acceptors (Lipinski definition) is 6. The summed E-state index contributed by atoms with van der Waals surface area (Å²) < 4.78 is 5.26. The Hall–Kier alpha value is -2.22. The molecule has 0 spiro atoms. The van der Waals surface area contributed by atoms with Crippen molar-refractivity contribution >= 4 is 17.5 Å². The van der Waals surface area contributed by atoms with Crippen LogP contribution >= 0.6 is 0 Å². The van der Waals surface area contributed by atoms with Crippen molar-refractivity contribution in [3.8, 4) is 0 Å². The number of carbonyl (C=O) groups is 1. The van der Waals surface area contributed by atoms with Crippen LogP contribution < -0.4 is 5.32 Å². The molecule has 1 aliphatic heterocycles. The molecule has 0 aromatic carbocycles. The average Bonchev–Trinajstić information content (AvgIpc) is 2.91. The third-order valence-corrected chi connectivity index (χ3v) is 3.19. The van der Waals surface area contributed by atoms with Crippen LogP contribution in [0, 0.1) is 16.0 Å². The molecule has 1 aromatic heterocycles. The highest BCUT2D eigenvalue weighted by Crippen LogP contribution is 2.21. The van der Waals surface area contributed by atoms with Gasteiger partial charge in [-0.25, -0.2) is 9.78 Å². The van der Waals surface area contributed by atoms with Crippen molar-refractivity contribution in [1.82, 2.24) is 4.98 Å². The number of aromatic nitrogens is 1. The second-order valence-electron chi connectivity index (χ2n) is 4.59. The van der Waals surface area contributed by atoms with Crippen molar-refractivity contribution in [2.24, 2.45) is 5.92 Å². The van der Waals surface area contributed by atoms with Crippen molar-refractivity contribution < 1.29 is 19.6 Å². The fraction of sp³-hybridized carbons (Fsp3) is 0.500. The first-order valence-electron chi connectivity index (χ1n) is 6.27. The number of aromatic carboxylic acids is 1. The minimum Gasteiger partial charge on any atom is -0.477 e. The summed E-state index contributed by atoms with van der Waals surface area (Å²) >= 11 is 0. The van der Waals surface area contributed by atoms with E-state index in [4.69, 9.17) is 9.84 Å². The van der Waals surface area contributed by atoms with Gasteiger partial charge in [-0.2, -0.15) is 0 Å². The Balaban J connectivity index is 1.99. The van der Waals surface area contributed by atoms with Crippen molar-refractivity contribution in [2.75, 3.05) is 25.1 Å². The standard InChI is InChI=1S/C12H15N3O5/c16-12(17)9-5-11(14-6-10(9)15(18)19)13-3-1-8-2-4-20-7-8/h5-6,8H,1-4,7H2,(H,13,14)(H,16,17). The molecule has 1 unspecified atom stereocenters. The Morgan fingerprint density at radius 3 is 3.05 bits per heavy atom. The molecule has 1 aromatic rings. The molecule has 20 heavy (non-hydrogen) atoms. The van der Waals surface area contributed by atoms with Gasteiger partial charge in [-0.3, -0.25) is 10.1 Å². The van der Waals surface area contributed by atoms with Crippen LogP contribution in [-0.2, 0) is 4.74 Å². The van der Waals surface area contributed by atoms with Gasteiger partial charge in [-0.05, 0) is 18.8 Å². The summed E-state index contributed by atoms with van der Waals surface area (Å²) in [5, 5.41) is 22.6. The maximum Gasteiger partial charge on any atom is 0.342 e. The fourth-order valence-electron chi connectivity index (χ4n) is 2.08. The van der Waals surface area contributed by atoms with E-state index in [1.807, 2.05) is 0 Å². The molecular formula is C12H15N3O5. The number of nitro groups is 1. The first-order chi connectivity index (χ1) is 9.58. The molecule has 1 atom stereocenters. The molecule has 0 bridgehead atoms. The summed E-state index contributed by atoms with van der Waals surface area (Å²) in [6.07, 6.45) is 2.88. The molecule has 1 fully saturated rings. The van der Waals surface area contributed by atoms with Crippen LogP contribution in [0.3, 0.4) is 0 Å². The zero-order chi connectivity index (χ0) is 14.5. The van der Waals surface area contributed by atoms with E-state index in [2.05, 4.69) is 10.3 Å². The number of nitrogens with one attached hydrogen (secondary N) is 1. The van der Waals surface area contributed by atoms with Crippen LogP contribution in [0.25, 0.3) is 0 Å². The van der Waals surface area contributed by atoms with Gasteiger partial charge in [0.2, 0.25) is 0 Å². The van der Waals surface area contributed by atoms with Crippen LogP contribution in [-0.4, -0.2) is 40.7 Å². The molecular weight excluding hydrogens is 266 g/mol. The summed E-state index contributed by atoms with van der Waals surface area (Å²) in [5.41, 5.74) is -0.871. The topological polar surface area (TPSA) is 115 Å². The molecule has 8 heteroatoms. The third kappa shape index (κ3) is 3.41. The van der Waals surface area contributed by atoms with Gasteiger partial charge < -0.3 is 15.2 Å². The van der Waals surface area contributed by atoms with Gasteiger partial charge >= 0.3 is 11.7 Å². The van der Waals surface area contributed by atoms with Crippen LogP contribution in [0.5, 0.6) is 0 Å². The van der Waals surface area contributed by atoms with E-state index in [9.17, 15) is 14.9 Å². The maximum atomic E-state index is 11.0. The van der Waals surface area contributed by atoms with E-state index in [-0.39, 0.29) is 5.56 Å². The first kappa shape index (κ1) is 14.2. The highest BCUT2D eigenvalue weighted by Gasteiger charge is 2.21. The lowest BCUT2D eigenvalue weighted by molar-refractivity contribution is -0.385. The quantitative estimate of drug-likeness (QED) is 0.600. The second kappa shape index (κ2) is 6.29. The molecule has 108 valence electrons. The van der Waals surface area contributed by atoms with Crippen molar-refractivity contribution in [3.63, 3.8) is 0 Å². The van der Waals surface area contributed by atoms with Gasteiger partial charge in [0.25, 0.3) is 0 Å². The number of pyridine rings is 1. The average molecular weight is 281 g/mol. The smallest absolute Gasteiger partial charge is 0.342 e. The number of carboxylic acids is 1. The first-order valence-corrected chi connectivity index (χ1v) is 6.27. The molecule has 8 nitrogen and oxygen atoms in total. The Bertz CT molecular complexity index is 514. The molecule has 0 saturated carbocycles. The van der Waals surface area contributed by atoms with E-state index in [0.717, 1.165) is 32.3 Å². The highest BCUT2D eigenvalue weighted by molar-refractivity contribution is 5.93. The van der Waals surface area contributed by atoms with Crippen molar-refractivity contribution in [1.29, 1.82) is 0 Å². The monoisotopic (exact) mass is 281 g/mol. The van der Waals surface area contributed by atoms with E-state index in [1.165, 1.54) is 6.07 Å². The van der Waals surface area contributed by atoms with Gasteiger partial charge in [0.1, 0.15) is 17.6 Å². The summed E-state index contributed by atoms with van der Waals surface area (Å²) in [6, 6.07) is 1.19. The molecule has 2 rings (SSSR count). The highest BCUT2D eigenvalue weighted by atomic mass is 16.6. The molecule has 2 heterocycles. The Labute approximate surface area is 114 Å². The lowest BCUT2D eigenvalue weighted by Crippen LogP contribution is -2.11. The Kier molecular flexibility index (Phi) is 4.46. The minimum absolute atomic E-state index is 0.326. The van der Waals surface area contributed by atoms with E-state index >= 15 is 0 Å². The summed E-state index contributed by atoms with van der Waals surface area (Å²) in [4.78, 5) is 24.8. The summed E-state index contributed by atoms with van der Waals surface area (Å²) in [5.74, 6) is -0.516. The number of ether oxygens (including phenoxy) is 1. The molecule has 0 amide bonds. The van der Waals surface area contributed by atoms with Gasteiger partial charge in [0, 0.05) is 25.8 Å². The van der Waals surface area contributed by atoms with Crippen LogP contribution in [0.4, 0.5) is 11.5 Å². The molecule has 0 aliphatic carbocycles. The molecule has 1 saturated heterocycles. The lowest BCUT2D eigenvalue weighted by Gasteiger charge is -2.09. The molecule has 0 radical (unpaired) electrons. The Morgan fingerprint density at radius 2 is 2.45 bits per heavy atom. The second-order valence-corrected chi connectivity index (χ2v) is 4.59. The predicted octanol–water partition coefficient (Wildman–Crippen LogP) is 1.53. The Morgan fingerprint density at radius 1 is 1.65 bits per heavy atom. The third-order valence-electron chi connectivity index (χ3n) is 3.19. The summed E-state index contributed by atoms with van der Waals surface area (Å²) in [6.45, 7) is 2.15. The van der Waals surface area contributed by atoms with Crippen LogP contribution in [0.1, 0.15) is 23.2 Å². The molecule has 1 aliphatic rings. The predicted molar refractivity (Wildman–Crippen MR) is 69.9 cm³/mol. The number of hydrogen-bond donors (Lipinski definition) is 2.